The molecule has 11 heteroatoms. The zero-order valence-electron chi connectivity index (χ0n) is 19.0. The first-order valence-corrected chi connectivity index (χ1v) is 11.1. The maximum Gasteiger partial charge on any atom is 0.323 e. The molecule has 1 aliphatic rings. The molecule has 0 spiro atoms. The number of carboxylic acids is 1. The van der Waals surface area contributed by atoms with Gasteiger partial charge in [0.05, 0.1) is 26.9 Å². The summed E-state index contributed by atoms with van der Waals surface area (Å²) in [5, 5.41) is 13.2. The summed E-state index contributed by atoms with van der Waals surface area (Å²) in [7, 11) is 4.51. The number of benzene rings is 2. The Morgan fingerprint density at radius 3 is 2.38 bits per heavy atom. The highest BCUT2D eigenvalue weighted by Gasteiger charge is 2.43. The van der Waals surface area contributed by atoms with Gasteiger partial charge >= 0.3 is 5.97 Å². The van der Waals surface area contributed by atoms with Crippen LogP contribution in [0.2, 0.25) is 0 Å². The Hall–Kier alpha value is -3.70. The lowest BCUT2D eigenvalue weighted by atomic mass is 10.0. The number of hydrogen-bond acceptors (Lipinski definition) is 8. The molecule has 0 saturated carbocycles. The summed E-state index contributed by atoms with van der Waals surface area (Å²) in [5.74, 6) is -1.75. The van der Waals surface area contributed by atoms with Gasteiger partial charge in [-0.1, -0.05) is 18.2 Å². The van der Waals surface area contributed by atoms with E-state index in [9.17, 15) is 14.7 Å². The summed E-state index contributed by atoms with van der Waals surface area (Å²) in [4.78, 5) is 29.9. The molecule has 1 aromatic heterocycles. The minimum atomic E-state index is -1.44. The summed E-state index contributed by atoms with van der Waals surface area (Å²) in [6, 6.07) is 10.6. The molecule has 10 nitrogen and oxygen atoms in total. The van der Waals surface area contributed by atoms with Crippen LogP contribution < -0.4 is 24.2 Å². The minimum Gasteiger partial charge on any atom is -0.496 e. The van der Waals surface area contributed by atoms with E-state index in [1.54, 1.807) is 36.7 Å². The van der Waals surface area contributed by atoms with Gasteiger partial charge in [0.2, 0.25) is 5.79 Å². The average Bonchev–Trinajstić information content (AvgIpc) is 3.41. The Bertz CT molecular complexity index is 1280. The largest absolute Gasteiger partial charge is 0.496 e. The molecule has 1 aliphatic heterocycles. The number of aromatic nitrogens is 1. The minimum absolute atomic E-state index is 0.225. The van der Waals surface area contributed by atoms with Gasteiger partial charge in [-0.2, -0.15) is 0 Å². The lowest BCUT2D eigenvalue weighted by Crippen LogP contribution is -2.51. The number of aliphatic carboxylic acids is 1. The average molecular weight is 485 g/mol. The monoisotopic (exact) mass is 484 g/mol. The lowest BCUT2D eigenvalue weighted by Gasteiger charge is -2.30. The van der Waals surface area contributed by atoms with Gasteiger partial charge in [-0.25, -0.2) is 9.71 Å². The lowest BCUT2D eigenvalue weighted by molar-refractivity contribution is -0.137. The molecule has 0 fully saturated rings. The molecule has 2 aromatic carbocycles. The number of ether oxygens (including phenoxy) is 3. The molecular weight excluding hydrogens is 460 g/mol. The van der Waals surface area contributed by atoms with Crippen molar-refractivity contribution in [3.8, 4) is 17.2 Å². The van der Waals surface area contributed by atoms with Crippen LogP contribution in [-0.4, -0.2) is 48.4 Å². The number of carbonyl (C=O) groups excluding carboxylic acids is 1. The van der Waals surface area contributed by atoms with Crippen LogP contribution in [0.5, 0.6) is 17.2 Å². The van der Waals surface area contributed by atoms with Crippen LogP contribution in [-0.2, 0) is 17.1 Å². The number of nitrogens with one attached hydrogen (secondary N) is 2. The van der Waals surface area contributed by atoms with Crippen LogP contribution in [0.15, 0.2) is 41.4 Å². The number of carbonyl (C=O) groups is 2. The van der Waals surface area contributed by atoms with Crippen LogP contribution in [0.4, 0.5) is 0 Å². The Morgan fingerprint density at radius 1 is 1.15 bits per heavy atom. The van der Waals surface area contributed by atoms with Crippen molar-refractivity contribution in [2.24, 2.45) is 4.99 Å². The highest BCUT2D eigenvalue weighted by molar-refractivity contribution is 8.10. The zero-order chi connectivity index (χ0) is 24.5. The molecule has 0 aliphatic carbocycles. The van der Waals surface area contributed by atoms with Gasteiger partial charge in [0.1, 0.15) is 35.1 Å². The molecule has 4 rings (SSSR count). The number of carboxylic acid groups (broad SMARTS) is 1. The van der Waals surface area contributed by atoms with Gasteiger partial charge in [0.15, 0.2) is 0 Å². The molecule has 3 aromatic rings. The van der Waals surface area contributed by atoms with Crippen molar-refractivity contribution < 1.29 is 28.9 Å². The Labute approximate surface area is 200 Å². The van der Waals surface area contributed by atoms with Crippen molar-refractivity contribution in [1.82, 2.24) is 14.6 Å². The molecule has 0 radical (unpaired) electrons. The van der Waals surface area contributed by atoms with E-state index in [2.05, 4.69) is 15.0 Å². The van der Waals surface area contributed by atoms with Gasteiger partial charge in [-0.3, -0.25) is 9.59 Å². The van der Waals surface area contributed by atoms with Crippen molar-refractivity contribution in [2.75, 3.05) is 21.3 Å². The summed E-state index contributed by atoms with van der Waals surface area (Å²) in [6.07, 6.45) is 0. The second-order valence-corrected chi connectivity index (χ2v) is 8.15. The predicted molar refractivity (Wildman–Crippen MR) is 129 cm³/mol. The Balaban J connectivity index is 1.86. The van der Waals surface area contributed by atoms with E-state index in [0.717, 1.165) is 5.39 Å². The topological polar surface area (TPSA) is 123 Å². The zero-order valence-corrected chi connectivity index (χ0v) is 19.9. The maximum absolute atomic E-state index is 13.7. The molecule has 1 amide bonds. The fourth-order valence-electron chi connectivity index (χ4n) is 4.13. The normalized spacial score (nSPS) is 17.1. The van der Waals surface area contributed by atoms with Crippen LogP contribution in [0, 0.1) is 6.92 Å². The van der Waals surface area contributed by atoms with E-state index in [1.165, 1.54) is 37.8 Å². The van der Waals surface area contributed by atoms with Crippen molar-refractivity contribution in [2.45, 2.75) is 19.3 Å². The molecule has 0 bridgehead atoms. The highest BCUT2D eigenvalue weighted by atomic mass is 32.2. The maximum atomic E-state index is 13.7. The number of methoxy groups -OCH3 is 3. The number of aryl methyl sites for hydroxylation is 1. The van der Waals surface area contributed by atoms with Crippen molar-refractivity contribution in [1.29, 1.82) is 0 Å². The molecule has 1 unspecified atom stereocenters. The predicted octanol–water partition coefficient (Wildman–Crippen LogP) is 2.88. The molecule has 34 heavy (non-hydrogen) atoms. The third-order valence-corrected chi connectivity index (χ3v) is 6.23. The third kappa shape index (κ3) is 3.93. The van der Waals surface area contributed by atoms with Crippen LogP contribution in [0.3, 0.4) is 0 Å². The molecule has 0 saturated heterocycles. The smallest absolute Gasteiger partial charge is 0.323 e. The van der Waals surface area contributed by atoms with Crippen LogP contribution in [0.1, 0.15) is 21.6 Å². The first kappa shape index (κ1) is 23.5. The summed E-state index contributed by atoms with van der Waals surface area (Å²) < 4.78 is 21.1. The van der Waals surface area contributed by atoms with Crippen molar-refractivity contribution in [3.63, 3.8) is 0 Å². The standard InChI is InChI=1S/C23H24N4O6S/c1-13-15-7-5-6-8-16(15)27(11-19(28)29)21(13)22(30)25-23(24-12-34-26-23)20-17(32-3)9-14(31-2)10-18(20)33-4/h5-10,12,26H,11H2,1-4H3,(H,25,30)(H,28,29). The van der Waals surface area contributed by atoms with Gasteiger partial charge < -0.3 is 29.2 Å². The van der Waals surface area contributed by atoms with Gasteiger partial charge in [-0.15, -0.1) is 0 Å². The molecule has 1 atom stereocenters. The van der Waals surface area contributed by atoms with Gasteiger partial charge in [-0.05, 0) is 30.5 Å². The molecular formula is C23H24N4O6S. The first-order valence-electron chi connectivity index (χ1n) is 10.2. The Kier molecular flexibility index (Phi) is 6.40. The quantitative estimate of drug-likeness (QED) is 0.417. The number of amides is 1. The van der Waals surface area contributed by atoms with E-state index in [1.807, 2.05) is 12.1 Å². The van der Waals surface area contributed by atoms with Crippen molar-refractivity contribution >= 4 is 40.3 Å². The number of fused-ring (bicyclic) bond motifs is 1. The number of nitrogens with zero attached hydrogens (tertiary/aromatic N) is 2. The van der Waals surface area contributed by atoms with Gasteiger partial charge in [0.25, 0.3) is 5.91 Å². The van der Waals surface area contributed by atoms with Gasteiger partial charge in [0, 0.05) is 23.0 Å². The number of aliphatic imine (C=N–C) groups is 1. The second-order valence-electron chi connectivity index (χ2n) is 7.50. The Morgan fingerprint density at radius 2 is 1.82 bits per heavy atom. The third-order valence-electron chi connectivity index (χ3n) is 5.61. The molecule has 2 heterocycles. The first-order chi connectivity index (χ1) is 16.3. The van der Waals surface area contributed by atoms with Crippen molar-refractivity contribution in [3.05, 3.63) is 53.2 Å². The van der Waals surface area contributed by atoms with E-state index in [0.29, 0.717) is 33.9 Å². The van der Waals surface area contributed by atoms with E-state index in [4.69, 9.17) is 14.2 Å². The molecule has 178 valence electrons. The van der Waals surface area contributed by atoms with E-state index in [-0.39, 0.29) is 12.2 Å². The number of para-hydroxylation sites is 1. The summed E-state index contributed by atoms with van der Waals surface area (Å²) >= 11 is 1.19. The number of hydrogen-bond donors (Lipinski definition) is 3. The number of rotatable bonds is 8. The fraction of sp³-hybridized carbons (Fsp3) is 0.261. The van der Waals surface area contributed by atoms with Crippen LogP contribution in [0.25, 0.3) is 10.9 Å². The summed E-state index contributed by atoms with van der Waals surface area (Å²) in [6.45, 7) is 1.42. The second kappa shape index (κ2) is 9.27. The highest BCUT2D eigenvalue weighted by Crippen LogP contribution is 2.43. The van der Waals surface area contributed by atoms with Crippen LogP contribution >= 0.6 is 11.9 Å². The molecule has 3 N–H and O–H groups in total. The summed E-state index contributed by atoms with van der Waals surface area (Å²) in [5.41, 5.74) is 3.53. The SMILES string of the molecule is COc1cc(OC)c(C2(NC(=O)c3c(C)c4ccccc4n3CC(=O)O)N=CSN2)c(OC)c1. The van der Waals surface area contributed by atoms with E-state index >= 15 is 0 Å². The fourth-order valence-corrected chi connectivity index (χ4v) is 4.77. The van der Waals surface area contributed by atoms with E-state index < -0.39 is 17.7 Å².